The normalized spacial score (nSPS) is 17.0. The Morgan fingerprint density at radius 3 is 2.72 bits per heavy atom. The number of aryl methyl sites for hydroxylation is 1. The molecule has 150 valence electrons. The van der Waals surface area contributed by atoms with E-state index in [0.29, 0.717) is 12.1 Å². The maximum absolute atomic E-state index is 13.2. The molecule has 0 aliphatic carbocycles. The van der Waals surface area contributed by atoms with Crippen molar-refractivity contribution in [2.45, 2.75) is 45.4 Å². The van der Waals surface area contributed by atoms with Crippen LogP contribution in [0.5, 0.6) is 0 Å². The van der Waals surface area contributed by atoms with E-state index in [1.54, 1.807) is 6.20 Å². The van der Waals surface area contributed by atoms with Gasteiger partial charge in [-0.05, 0) is 25.3 Å². The average molecular weight is 390 g/mol. The third kappa shape index (κ3) is 3.92. The summed E-state index contributed by atoms with van der Waals surface area (Å²) in [5.41, 5.74) is 4.72. The lowest BCUT2D eigenvalue weighted by molar-refractivity contribution is 0.0704. The number of amides is 1. The second-order valence-corrected chi connectivity index (χ2v) is 8.04. The minimum atomic E-state index is 0.0169. The van der Waals surface area contributed by atoms with Crippen LogP contribution in [0.1, 0.15) is 66.1 Å². The minimum absolute atomic E-state index is 0.0169. The molecule has 6 nitrogen and oxygen atoms in total. The van der Waals surface area contributed by atoms with E-state index in [2.05, 4.69) is 46.1 Å². The van der Waals surface area contributed by atoms with Crippen LogP contribution in [0.15, 0.2) is 42.7 Å². The molecule has 1 N–H and O–H groups in total. The smallest absolute Gasteiger partial charge is 0.257 e. The molecule has 1 atom stereocenters. The Kier molecular flexibility index (Phi) is 5.43. The fourth-order valence-corrected chi connectivity index (χ4v) is 4.00. The highest BCUT2D eigenvalue weighted by atomic mass is 16.2. The number of carbonyl (C=O) groups excluding carboxylic acids is 1. The van der Waals surface area contributed by atoms with E-state index in [0.717, 1.165) is 47.7 Å². The standard InChI is InChI=1S/C23H27N5O/c1-15(2)22-24-12-19(16(3)26-22)23(29)28-11-7-10-18(14-28)21-20(13-25-27-21)17-8-5-4-6-9-17/h4-6,8-9,12-13,15,18H,7,10-11,14H2,1-3H3,(H,25,27). The highest BCUT2D eigenvalue weighted by molar-refractivity contribution is 5.95. The Bertz CT molecular complexity index is 996. The molecule has 1 aliphatic heterocycles. The Labute approximate surface area is 171 Å². The molecule has 1 amide bonds. The lowest BCUT2D eigenvalue weighted by Gasteiger charge is -2.33. The Morgan fingerprint density at radius 1 is 1.21 bits per heavy atom. The van der Waals surface area contributed by atoms with E-state index in [9.17, 15) is 4.79 Å². The van der Waals surface area contributed by atoms with E-state index < -0.39 is 0 Å². The summed E-state index contributed by atoms with van der Waals surface area (Å²) in [5.74, 6) is 1.28. The van der Waals surface area contributed by atoms with Crippen LogP contribution in [0.25, 0.3) is 11.1 Å². The lowest BCUT2D eigenvalue weighted by atomic mass is 9.90. The van der Waals surface area contributed by atoms with Gasteiger partial charge in [0.1, 0.15) is 5.82 Å². The van der Waals surface area contributed by atoms with E-state index in [1.807, 2.05) is 36.2 Å². The van der Waals surface area contributed by atoms with E-state index >= 15 is 0 Å². The third-order valence-electron chi connectivity index (χ3n) is 5.62. The van der Waals surface area contributed by atoms with Crippen LogP contribution in [0.2, 0.25) is 0 Å². The van der Waals surface area contributed by atoms with Gasteiger partial charge in [0.2, 0.25) is 0 Å². The molecule has 6 heteroatoms. The summed E-state index contributed by atoms with van der Waals surface area (Å²) < 4.78 is 0. The number of hydrogen-bond acceptors (Lipinski definition) is 4. The number of H-pyrrole nitrogens is 1. The Morgan fingerprint density at radius 2 is 2.00 bits per heavy atom. The summed E-state index contributed by atoms with van der Waals surface area (Å²) in [6, 6.07) is 10.3. The highest BCUT2D eigenvalue weighted by Crippen LogP contribution is 2.33. The number of carbonyl (C=O) groups is 1. The van der Waals surface area contributed by atoms with Crippen molar-refractivity contribution < 1.29 is 4.79 Å². The number of rotatable bonds is 4. The highest BCUT2D eigenvalue weighted by Gasteiger charge is 2.29. The maximum Gasteiger partial charge on any atom is 0.257 e. The maximum atomic E-state index is 13.2. The Hall–Kier alpha value is -3.02. The van der Waals surface area contributed by atoms with Gasteiger partial charge in [0.25, 0.3) is 5.91 Å². The molecule has 0 spiro atoms. The lowest BCUT2D eigenvalue weighted by Crippen LogP contribution is -2.39. The van der Waals surface area contributed by atoms with Crippen LogP contribution in [0.3, 0.4) is 0 Å². The first-order valence-corrected chi connectivity index (χ1v) is 10.3. The largest absolute Gasteiger partial charge is 0.338 e. The molecule has 1 saturated heterocycles. The zero-order valence-electron chi connectivity index (χ0n) is 17.2. The number of benzene rings is 1. The summed E-state index contributed by atoms with van der Waals surface area (Å²) in [6.45, 7) is 7.44. The predicted molar refractivity (Wildman–Crippen MR) is 113 cm³/mol. The molecule has 4 rings (SSSR count). The molecular formula is C23H27N5O. The van der Waals surface area contributed by atoms with Crippen molar-refractivity contribution >= 4 is 5.91 Å². The monoisotopic (exact) mass is 389 g/mol. The van der Waals surface area contributed by atoms with E-state index in [1.165, 1.54) is 0 Å². The van der Waals surface area contributed by atoms with Crippen LogP contribution >= 0.6 is 0 Å². The SMILES string of the molecule is Cc1nc(C(C)C)ncc1C(=O)N1CCCC(c2[nH]ncc2-c2ccccc2)C1. The van der Waals surface area contributed by atoms with E-state index in [4.69, 9.17) is 0 Å². The number of likely N-dealkylation sites (tertiary alicyclic amines) is 1. The zero-order chi connectivity index (χ0) is 20.4. The van der Waals surface area contributed by atoms with Crippen molar-refractivity contribution in [3.05, 3.63) is 65.5 Å². The quantitative estimate of drug-likeness (QED) is 0.721. The second-order valence-electron chi connectivity index (χ2n) is 8.04. The summed E-state index contributed by atoms with van der Waals surface area (Å²) in [7, 11) is 0. The van der Waals surface area contributed by atoms with Gasteiger partial charge in [0, 0.05) is 42.4 Å². The summed E-state index contributed by atoms with van der Waals surface area (Å²) in [4.78, 5) is 24.1. The molecule has 29 heavy (non-hydrogen) atoms. The van der Waals surface area contributed by atoms with Crippen LogP contribution in [-0.4, -0.2) is 44.1 Å². The summed E-state index contributed by atoms with van der Waals surface area (Å²) >= 11 is 0. The predicted octanol–water partition coefficient (Wildman–Crippen LogP) is 4.32. The number of aromatic nitrogens is 4. The number of aromatic amines is 1. The second kappa shape index (κ2) is 8.15. The molecular weight excluding hydrogens is 362 g/mol. The van der Waals surface area contributed by atoms with Crippen LogP contribution in [0, 0.1) is 6.92 Å². The first-order valence-electron chi connectivity index (χ1n) is 10.3. The van der Waals surface area contributed by atoms with Crippen LogP contribution in [-0.2, 0) is 0 Å². The number of piperidine rings is 1. The van der Waals surface area contributed by atoms with Crippen molar-refractivity contribution in [2.24, 2.45) is 0 Å². The molecule has 3 heterocycles. The summed E-state index contributed by atoms with van der Waals surface area (Å²) in [6.07, 6.45) is 5.57. The van der Waals surface area contributed by atoms with Crippen molar-refractivity contribution in [3.63, 3.8) is 0 Å². The molecule has 0 radical (unpaired) electrons. The molecule has 2 aromatic heterocycles. The van der Waals surface area contributed by atoms with E-state index in [-0.39, 0.29) is 17.7 Å². The molecule has 0 saturated carbocycles. The first-order chi connectivity index (χ1) is 14.0. The average Bonchev–Trinajstić information content (AvgIpc) is 3.24. The molecule has 0 bridgehead atoms. The van der Waals surface area contributed by atoms with Gasteiger partial charge in [-0.2, -0.15) is 5.10 Å². The zero-order valence-corrected chi connectivity index (χ0v) is 17.2. The molecule has 1 aromatic carbocycles. The third-order valence-corrected chi connectivity index (χ3v) is 5.62. The Balaban J connectivity index is 1.55. The van der Waals surface area contributed by atoms with Gasteiger partial charge >= 0.3 is 0 Å². The van der Waals surface area contributed by atoms with Crippen molar-refractivity contribution in [1.29, 1.82) is 0 Å². The first kappa shape index (κ1) is 19.3. The van der Waals surface area contributed by atoms with Crippen molar-refractivity contribution in [2.75, 3.05) is 13.1 Å². The number of nitrogens with zero attached hydrogens (tertiary/aromatic N) is 4. The van der Waals surface area contributed by atoms with Gasteiger partial charge in [0.05, 0.1) is 17.5 Å². The van der Waals surface area contributed by atoms with Crippen molar-refractivity contribution in [1.82, 2.24) is 25.1 Å². The van der Waals surface area contributed by atoms with Gasteiger partial charge in [-0.3, -0.25) is 9.89 Å². The van der Waals surface area contributed by atoms with Gasteiger partial charge in [-0.25, -0.2) is 9.97 Å². The van der Waals surface area contributed by atoms with Gasteiger partial charge in [0.15, 0.2) is 0 Å². The van der Waals surface area contributed by atoms with Crippen LogP contribution in [0.4, 0.5) is 0 Å². The number of nitrogens with one attached hydrogen (secondary N) is 1. The molecule has 1 fully saturated rings. The molecule has 3 aromatic rings. The van der Waals surface area contributed by atoms with Crippen molar-refractivity contribution in [3.8, 4) is 11.1 Å². The minimum Gasteiger partial charge on any atom is -0.338 e. The van der Waals surface area contributed by atoms with Gasteiger partial charge in [-0.15, -0.1) is 0 Å². The van der Waals surface area contributed by atoms with Crippen LogP contribution < -0.4 is 0 Å². The van der Waals surface area contributed by atoms with Gasteiger partial charge < -0.3 is 4.90 Å². The fourth-order valence-electron chi connectivity index (χ4n) is 4.00. The number of hydrogen-bond donors (Lipinski definition) is 1. The molecule has 1 unspecified atom stereocenters. The molecule has 1 aliphatic rings. The summed E-state index contributed by atoms with van der Waals surface area (Å²) in [5, 5.41) is 7.49. The topological polar surface area (TPSA) is 74.8 Å². The fraction of sp³-hybridized carbons (Fsp3) is 0.391. The van der Waals surface area contributed by atoms with Gasteiger partial charge in [-0.1, -0.05) is 44.2 Å².